The molecule has 7 nitrogen and oxygen atoms in total. The Kier molecular flexibility index (Phi) is 3.51. The second kappa shape index (κ2) is 5.96. The van der Waals surface area contributed by atoms with Crippen molar-refractivity contribution in [1.82, 2.24) is 24.1 Å². The van der Waals surface area contributed by atoms with Crippen LogP contribution in [0.2, 0.25) is 0 Å². The topological polar surface area (TPSA) is 77.1 Å². The first-order valence-electron chi connectivity index (χ1n) is 7.43. The van der Waals surface area contributed by atoms with Crippen molar-refractivity contribution in [2.75, 3.05) is 5.32 Å². The summed E-state index contributed by atoms with van der Waals surface area (Å²) in [6, 6.07) is 9.90. The van der Waals surface area contributed by atoms with E-state index in [2.05, 4.69) is 32.5 Å². The first kappa shape index (κ1) is 14.1. The Morgan fingerprint density at radius 2 is 2.17 bits per heavy atom. The summed E-state index contributed by atoms with van der Waals surface area (Å²) in [6.07, 6.45) is 9.51. The number of aldehydes is 1. The lowest BCUT2D eigenvalue weighted by atomic mass is 10.2. The van der Waals surface area contributed by atoms with Crippen LogP contribution in [0.4, 0.5) is 11.5 Å². The molecule has 0 aliphatic carbocycles. The van der Waals surface area contributed by atoms with Crippen LogP contribution < -0.4 is 5.32 Å². The minimum absolute atomic E-state index is 0.465. The molecule has 24 heavy (non-hydrogen) atoms. The third kappa shape index (κ3) is 2.74. The minimum atomic E-state index is 0.465. The summed E-state index contributed by atoms with van der Waals surface area (Å²) < 4.78 is 3.58. The van der Waals surface area contributed by atoms with Crippen molar-refractivity contribution >= 4 is 23.4 Å². The van der Waals surface area contributed by atoms with Crippen molar-refractivity contribution in [3.05, 3.63) is 72.6 Å². The van der Waals surface area contributed by atoms with Gasteiger partial charge in [-0.05, 0) is 23.8 Å². The lowest BCUT2D eigenvalue weighted by Crippen LogP contribution is -2.00. The molecule has 0 aliphatic heterocycles. The summed E-state index contributed by atoms with van der Waals surface area (Å²) in [4.78, 5) is 19.5. The molecule has 1 aromatic carbocycles. The van der Waals surface area contributed by atoms with E-state index in [-0.39, 0.29) is 0 Å². The van der Waals surface area contributed by atoms with E-state index in [1.54, 1.807) is 23.2 Å². The van der Waals surface area contributed by atoms with Crippen LogP contribution in [0.15, 0.2) is 61.4 Å². The SMILES string of the molecule is O=Cc1cnn2ccc(Nc3cccc(Cn4ccnc4)c3)nc12. The smallest absolute Gasteiger partial charge is 0.167 e. The van der Waals surface area contributed by atoms with Gasteiger partial charge in [-0.3, -0.25) is 4.79 Å². The zero-order chi connectivity index (χ0) is 16.4. The summed E-state index contributed by atoms with van der Waals surface area (Å²) in [7, 11) is 0. The molecule has 0 saturated heterocycles. The minimum Gasteiger partial charge on any atom is -0.340 e. The number of hydrogen-bond acceptors (Lipinski definition) is 5. The molecule has 0 atom stereocenters. The van der Waals surface area contributed by atoms with Gasteiger partial charge in [-0.2, -0.15) is 5.10 Å². The second-order valence-corrected chi connectivity index (χ2v) is 5.36. The van der Waals surface area contributed by atoms with Gasteiger partial charge in [0, 0.05) is 30.8 Å². The van der Waals surface area contributed by atoms with Crippen molar-refractivity contribution < 1.29 is 4.79 Å². The largest absolute Gasteiger partial charge is 0.340 e. The number of nitrogens with zero attached hydrogens (tertiary/aromatic N) is 5. The van der Waals surface area contributed by atoms with Gasteiger partial charge in [0.25, 0.3) is 0 Å². The predicted octanol–water partition coefficient (Wildman–Crippen LogP) is 2.53. The van der Waals surface area contributed by atoms with Gasteiger partial charge in [-0.25, -0.2) is 14.5 Å². The maximum Gasteiger partial charge on any atom is 0.167 e. The fraction of sp³-hybridized carbons (Fsp3) is 0.0588. The van der Waals surface area contributed by atoms with Crippen LogP contribution in [-0.4, -0.2) is 30.4 Å². The van der Waals surface area contributed by atoms with Crippen LogP contribution in [0.25, 0.3) is 5.65 Å². The lowest BCUT2D eigenvalue weighted by Gasteiger charge is -2.09. The molecule has 0 aliphatic rings. The van der Waals surface area contributed by atoms with Gasteiger partial charge in [-0.1, -0.05) is 12.1 Å². The number of hydrogen-bond donors (Lipinski definition) is 1. The molecule has 4 rings (SSSR count). The summed E-state index contributed by atoms with van der Waals surface area (Å²) in [5, 5.41) is 7.34. The third-order valence-corrected chi connectivity index (χ3v) is 3.65. The molecule has 4 aromatic rings. The molecule has 0 bridgehead atoms. The van der Waals surface area contributed by atoms with E-state index in [1.165, 1.54) is 6.20 Å². The average molecular weight is 318 g/mol. The Morgan fingerprint density at radius 3 is 3.00 bits per heavy atom. The van der Waals surface area contributed by atoms with E-state index in [1.807, 2.05) is 29.0 Å². The highest BCUT2D eigenvalue weighted by Crippen LogP contribution is 2.18. The monoisotopic (exact) mass is 318 g/mol. The number of benzene rings is 1. The van der Waals surface area contributed by atoms with E-state index in [0.717, 1.165) is 24.1 Å². The lowest BCUT2D eigenvalue weighted by molar-refractivity contribution is 0.112. The van der Waals surface area contributed by atoms with Gasteiger partial charge >= 0.3 is 0 Å². The molecule has 1 N–H and O–H groups in total. The molecule has 3 heterocycles. The van der Waals surface area contributed by atoms with Crippen LogP contribution in [0.3, 0.4) is 0 Å². The zero-order valence-corrected chi connectivity index (χ0v) is 12.7. The van der Waals surface area contributed by atoms with Gasteiger partial charge in [0.15, 0.2) is 11.9 Å². The summed E-state index contributed by atoms with van der Waals surface area (Å²) in [5.74, 6) is 0.658. The quantitative estimate of drug-likeness (QED) is 0.572. The third-order valence-electron chi connectivity index (χ3n) is 3.65. The Balaban J connectivity index is 1.59. The molecule has 7 heteroatoms. The first-order chi connectivity index (χ1) is 11.8. The zero-order valence-electron chi connectivity index (χ0n) is 12.7. The van der Waals surface area contributed by atoms with Crippen LogP contribution in [0.1, 0.15) is 15.9 Å². The van der Waals surface area contributed by atoms with Gasteiger partial charge in [-0.15, -0.1) is 0 Å². The fourth-order valence-corrected chi connectivity index (χ4v) is 2.53. The molecule has 0 unspecified atom stereocenters. The van der Waals surface area contributed by atoms with Gasteiger partial charge in [0.05, 0.1) is 18.1 Å². The molecule has 0 fully saturated rings. The van der Waals surface area contributed by atoms with E-state index in [4.69, 9.17) is 0 Å². The Hall–Kier alpha value is -3.48. The molecule has 118 valence electrons. The fourth-order valence-electron chi connectivity index (χ4n) is 2.53. The Morgan fingerprint density at radius 1 is 1.21 bits per heavy atom. The number of aromatic nitrogens is 5. The Labute approximate surface area is 137 Å². The molecule has 0 spiro atoms. The molecular formula is C17H14N6O. The number of fused-ring (bicyclic) bond motifs is 1. The van der Waals surface area contributed by atoms with Crippen LogP contribution in [0, 0.1) is 0 Å². The van der Waals surface area contributed by atoms with Crippen LogP contribution >= 0.6 is 0 Å². The maximum atomic E-state index is 11.0. The summed E-state index contributed by atoms with van der Waals surface area (Å²) in [5.41, 5.74) is 3.07. The Bertz CT molecular complexity index is 989. The standard InChI is InChI=1S/C17H14N6O/c24-11-14-9-19-23-6-4-16(21-17(14)23)20-15-3-1-2-13(8-15)10-22-7-5-18-12-22/h1-9,11-12H,10H2,(H,20,21). The van der Waals surface area contributed by atoms with Crippen molar-refractivity contribution in [2.45, 2.75) is 6.54 Å². The molecule has 3 aromatic heterocycles. The summed E-state index contributed by atoms with van der Waals surface area (Å²) in [6.45, 7) is 0.750. The highest BCUT2D eigenvalue weighted by Gasteiger charge is 2.06. The van der Waals surface area contributed by atoms with E-state index in [9.17, 15) is 4.79 Å². The molecular weight excluding hydrogens is 304 g/mol. The van der Waals surface area contributed by atoms with E-state index in [0.29, 0.717) is 17.0 Å². The van der Waals surface area contributed by atoms with Crippen molar-refractivity contribution in [3.63, 3.8) is 0 Å². The molecule has 0 saturated carbocycles. The molecule has 0 radical (unpaired) electrons. The predicted molar refractivity (Wildman–Crippen MR) is 89.4 cm³/mol. The van der Waals surface area contributed by atoms with E-state index >= 15 is 0 Å². The number of carbonyl (C=O) groups excluding carboxylic acids is 1. The van der Waals surface area contributed by atoms with Gasteiger partial charge in [0.1, 0.15) is 5.82 Å². The van der Waals surface area contributed by atoms with Crippen molar-refractivity contribution in [3.8, 4) is 0 Å². The van der Waals surface area contributed by atoms with Gasteiger partial charge < -0.3 is 9.88 Å². The highest BCUT2D eigenvalue weighted by atomic mass is 16.1. The van der Waals surface area contributed by atoms with E-state index < -0.39 is 0 Å². The average Bonchev–Trinajstić information content (AvgIpc) is 3.24. The second-order valence-electron chi connectivity index (χ2n) is 5.36. The normalized spacial score (nSPS) is 10.8. The van der Waals surface area contributed by atoms with Crippen molar-refractivity contribution in [2.24, 2.45) is 0 Å². The summed E-state index contributed by atoms with van der Waals surface area (Å²) >= 11 is 0. The van der Waals surface area contributed by atoms with Crippen LogP contribution in [0.5, 0.6) is 0 Å². The van der Waals surface area contributed by atoms with Crippen molar-refractivity contribution in [1.29, 1.82) is 0 Å². The number of anilines is 2. The first-order valence-corrected chi connectivity index (χ1v) is 7.43. The number of carbonyl (C=O) groups is 1. The number of rotatable bonds is 5. The van der Waals surface area contributed by atoms with Gasteiger partial charge in [0.2, 0.25) is 0 Å². The number of imidazole rings is 1. The number of nitrogens with one attached hydrogen (secondary N) is 1. The molecule has 0 amide bonds. The highest BCUT2D eigenvalue weighted by molar-refractivity contribution is 5.84. The maximum absolute atomic E-state index is 11.0. The van der Waals surface area contributed by atoms with Crippen LogP contribution in [-0.2, 0) is 6.54 Å².